The molecule has 0 atom stereocenters. The lowest BCUT2D eigenvalue weighted by Crippen LogP contribution is -2.40. The Bertz CT molecular complexity index is 726. The first-order valence-electron chi connectivity index (χ1n) is 8.38. The number of carbonyl (C=O) groups is 1. The summed E-state index contributed by atoms with van der Waals surface area (Å²) < 4.78 is 37.8. The summed E-state index contributed by atoms with van der Waals surface area (Å²) in [7, 11) is 0. The van der Waals surface area contributed by atoms with Gasteiger partial charge in [-0.05, 0) is 42.7 Å². The molecule has 138 valence electrons. The minimum absolute atomic E-state index is 0.00170. The van der Waals surface area contributed by atoms with E-state index in [4.69, 9.17) is 0 Å². The zero-order valence-electron chi connectivity index (χ0n) is 14.0. The Morgan fingerprint density at radius 3 is 2.42 bits per heavy atom. The van der Waals surface area contributed by atoms with E-state index in [0.29, 0.717) is 38.3 Å². The predicted octanol–water partition coefficient (Wildman–Crippen LogP) is 3.03. The van der Waals surface area contributed by atoms with E-state index in [-0.39, 0.29) is 11.8 Å². The van der Waals surface area contributed by atoms with Gasteiger partial charge >= 0.3 is 6.18 Å². The quantitative estimate of drug-likeness (QED) is 0.906. The van der Waals surface area contributed by atoms with Crippen molar-refractivity contribution in [3.63, 3.8) is 0 Å². The third kappa shape index (κ3) is 4.50. The Balaban J connectivity index is 1.50. The van der Waals surface area contributed by atoms with E-state index in [2.05, 4.69) is 15.3 Å². The Morgan fingerprint density at radius 2 is 1.85 bits per heavy atom. The topological polar surface area (TPSA) is 58.1 Å². The number of nitrogens with one attached hydrogen (secondary N) is 1. The van der Waals surface area contributed by atoms with Crippen LogP contribution in [0.1, 0.15) is 24.0 Å². The summed E-state index contributed by atoms with van der Waals surface area (Å²) in [6.07, 6.45) is 1.11. The molecule has 3 heterocycles. The van der Waals surface area contributed by atoms with Gasteiger partial charge in [0.25, 0.3) is 0 Å². The van der Waals surface area contributed by atoms with Gasteiger partial charge in [0.05, 0.1) is 5.56 Å². The molecule has 8 heteroatoms. The van der Waals surface area contributed by atoms with Gasteiger partial charge in [0, 0.05) is 44.1 Å². The van der Waals surface area contributed by atoms with Crippen LogP contribution in [0.2, 0.25) is 0 Å². The molecule has 0 spiro atoms. The number of amides is 1. The predicted molar refractivity (Wildman–Crippen MR) is 90.3 cm³/mol. The molecule has 2 aromatic rings. The summed E-state index contributed by atoms with van der Waals surface area (Å²) in [4.78, 5) is 22.0. The number of anilines is 1. The van der Waals surface area contributed by atoms with E-state index >= 15 is 0 Å². The largest absolute Gasteiger partial charge is 0.417 e. The summed E-state index contributed by atoms with van der Waals surface area (Å²) in [5.74, 6) is 0.415. The van der Waals surface area contributed by atoms with Crippen LogP contribution in [0.5, 0.6) is 0 Å². The van der Waals surface area contributed by atoms with Crippen molar-refractivity contribution in [2.24, 2.45) is 5.92 Å². The average Bonchev–Trinajstić information content (AvgIpc) is 2.66. The second-order valence-electron chi connectivity index (χ2n) is 6.24. The molecule has 0 saturated carbocycles. The highest BCUT2D eigenvalue weighted by molar-refractivity contribution is 5.78. The van der Waals surface area contributed by atoms with Gasteiger partial charge in [-0.15, -0.1) is 0 Å². The molecule has 2 aromatic heterocycles. The normalized spacial score (nSPS) is 15.7. The van der Waals surface area contributed by atoms with Gasteiger partial charge in [-0.3, -0.25) is 9.78 Å². The number of piperidine rings is 1. The molecule has 0 radical (unpaired) electrons. The SMILES string of the molecule is O=C(NCc1ccncc1)C1CCN(c2ccc(C(F)(F)F)cn2)CC1. The Kier molecular flexibility index (Phi) is 5.39. The summed E-state index contributed by atoms with van der Waals surface area (Å²) in [5, 5.41) is 2.92. The fourth-order valence-corrected chi connectivity index (χ4v) is 2.95. The molecule has 0 bridgehead atoms. The van der Waals surface area contributed by atoms with Crippen LogP contribution in [-0.2, 0) is 17.5 Å². The number of alkyl halides is 3. The van der Waals surface area contributed by atoms with E-state index in [1.54, 1.807) is 12.4 Å². The van der Waals surface area contributed by atoms with Crippen molar-refractivity contribution >= 4 is 11.7 Å². The maximum atomic E-state index is 12.6. The molecule has 0 aliphatic carbocycles. The molecule has 1 saturated heterocycles. The molecular formula is C18H19F3N4O. The molecule has 1 fully saturated rings. The number of carbonyl (C=O) groups excluding carboxylic acids is 1. The first kappa shape index (κ1) is 18.2. The molecule has 1 aliphatic rings. The number of halogens is 3. The zero-order valence-corrected chi connectivity index (χ0v) is 14.0. The fourth-order valence-electron chi connectivity index (χ4n) is 2.95. The molecule has 1 aliphatic heterocycles. The van der Waals surface area contributed by atoms with Gasteiger partial charge in [-0.25, -0.2) is 4.98 Å². The van der Waals surface area contributed by atoms with Gasteiger partial charge in [0.1, 0.15) is 5.82 Å². The van der Waals surface area contributed by atoms with Crippen molar-refractivity contribution in [2.75, 3.05) is 18.0 Å². The minimum Gasteiger partial charge on any atom is -0.357 e. The van der Waals surface area contributed by atoms with Crippen molar-refractivity contribution in [3.05, 3.63) is 54.0 Å². The molecule has 0 aromatic carbocycles. The molecule has 0 unspecified atom stereocenters. The highest BCUT2D eigenvalue weighted by Gasteiger charge is 2.31. The standard InChI is InChI=1S/C18H19F3N4O/c19-18(20,21)15-1-2-16(23-12-15)25-9-5-14(6-10-25)17(26)24-11-13-3-7-22-8-4-13/h1-4,7-8,12,14H,5-6,9-11H2,(H,24,26). The number of nitrogens with zero attached hydrogens (tertiary/aromatic N) is 3. The van der Waals surface area contributed by atoms with Gasteiger partial charge in [0.2, 0.25) is 5.91 Å². The number of hydrogen-bond donors (Lipinski definition) is 1. The fraction of sp³-hybridized carbons (Fsp3) is 0.389. The van der Waals surface area contributed by atoms with E-state index in [0.717, 1.165) is 17.8 Å². The summed E-state index contributed by atoms with van der Waals surface area (Å²) in [5.41, 5.74) is 0.228. The van der Waals surface area contributed by atoms with Crippen LogP contribution < -0.4 is 10.2 Å². The summed E-state index contributed by atoms with van der Waals surface area (Å²) >= 11 is 0. The summed E-state index contributed by atoms with van der Waals surface area (Å²) in [6, 6.07) is 6.11. The third-order valence-electron chi connectivity index (χ3n) is 4.48. The van der Waals surface area contributed by atoms with Gasteiger partial charge in [0.15, 0.2) is 0 Å². The second-order valence-corrected chi connectivity index (χ2v) is 6.24. The monoisotopic (exact) mass is 364 g/mol. The summed E-state index contributed by atoms with van der Waals surface area (Å²) in [6.45, 7) is 1.64. The van der Waals surface area contributed by atoms with E-state index < -0.39 is 11.7 Å². The maximum Gasteiger partial charge on any atom is 0.417 e. The lowest BCUT2D eigenvalue weighted by atomic mass is 9.96. The van der Waals surface area contributed by atoms with Gasteiger partial charge < -0.3 is 10.2 Å². The van der Waals surface area contributed by atoms with E-state index in [9.17, 15) is 18.0 Å². The van der Waals surface area contributed by atoms with Gasteiger partial charge in [-0.2, -0.15) is 13.2 Å². The lowest BCUT2D eigenvalue weighted by Gasteiger charge is -2.32. The molecule has 5 nitrogen and oxygen atoms in total. The highest BCUT2D eigenvalue weighted by atomic mass is 19.4. The van der Waals surface area contributed by atoms with Crippen molar-refractivity contribution in [1.82, 2.24) is 15.3 Å². The van der Waals surface area contributed by atoms with Crippen LogP contribution in [0.3, 0.4) is 0 Å². The Morgan fingerprint density at radius 1 is 1.15 bits per heavy atom. The zero-order chi connectivity index (χ0) is 18.6. The van der Waals surface area contributed by atoms with Crippen LogP contribution in [0.25, 0.3) is 0 Å². The number of aromatic nitrogens is 2. The van der Waals surface area contributed by atoms with Crippen molar-refractivity contribution in [3.8, 4) is 0 Å². The Hall–Kier alpha value is -2.64. The molecule has 3 rings (SSSR count). The van der Waals surface area contributed by atoms with Gasteiger partial charge in [-0.1, -0.05) is 0 Å². The first-order chi connectivity index (χ1) is 12.4. The van der Waals surface area contributed by atoms with Crippen LogP contribution in [0.4, 0.5) is 19.0 Å². The molecule has 26 heavy (non-hydrogen) atoms. The number of rotatable bonds is 4. The number of hydrogen-bond acceptors (Lipinski definition) is 4. The average molecular weight is 364 g/mol. The molecular weight excluding hydrogens is 345 g/mol. The molecule has 1 N–H and O–H groups in total. The minimum atomic E-state index is -4.38. The van der Waals surface area contributed by atoms with Crippen LogP contribution >= 0.6 is 0 Å². The van der Waals surface area contributed by atoms with Crippen molar-refractivity contribution < 1.29 is 18.0 Å². The lowest BCUT2D eigenvalue weighted by molar-refractivity contribution is -0.137. The van der Waals surface area contributed by atoms with Crippen LogP contribution in [0, 0.1) is 5.92 Å². The smallest absolute Gasteiger partial charge is 0.357 e. The van der Waals surface area contributed by atoms with Crippen LogP contribution in [-0.4, -0.2) is 29.0 Å². The molecule has 1 amide bonds. The third-order valence-corrected chi connectivity index (χ3v) is 4.48. The highest BCUT2D eigenvalue weighted by Crippen LogP contribution is 2.30. The van der Waals surface area contributed by atoms with Crippen LogP contribution in [0.15, 0.2) is 42.9 Å². The van der Waals surface area contributed by atoms with E-state index in [1.165, 1.54) is 6.07 Å². The number of pyridine rings is 2. The van der Waals surface area contributed by atoms with Crippen molar-refractivity contribution in [1.29, 1.82) is 0 Å². The first-order valence-corrected chi connectivity index (χ1v) is 8.38. The second kappa shape index (κ2) is 7.72. The van der Waals surface area contributed by atoms with E-state index in [1.807, 2.05) is 17.0 Å². The van der Waals surface area contributed by atoms with Crippen molar-refractivity contribution in [2.45, 2.75) is 25.6 Å². The maximum absolute atomic E-state index is 12.6. The Labute approximate surface area is 149 Å².